The molecule has 0 saturated carbocycles. The third kappa shape index (κ3) is 1.53. The van der Waals surface area contributed by atoms with Crippen molar-refractivity contribution in [1.29, 1.82) is 0 Å². The van der Waals surface area contributed by atoms with Crippen LogP contribution in [-0.4, -0.2) is 11.8 Å². The Hall–Kier alpha value is -0.250. The second-order valence-corrected chi connectivity index (χ2v) is 4.48. The minimum atomic E-state index is -0.575. The van der Waals surface area contributed by atoms with Crippen LogP contribution >= 0.6 is 39.1 Å². The van der Waals surface area contributed by atoms with Crippen LogP contribution in [0.25, 0.3) is 0 Å². The van der Waals surface area contributed by atoms with Crippen LogP contribution in [0, 0.1) is 0 Å². The molecule has 1 aromatic rings. The van der Waals surface area contributed by atoms with Crippen LogP contribution in [0.5, 0.6) is 5.75 Å². The molecule has 0 spiro atoms. The van der Waals surface area contributed by atoms with E-state index in [-0.39, 0.29) is 5.56 Å². The van der Waals surface area contributed by atoms with Gasteiger partial charge in [0, 0.05) is 16.5 Å². The molecule has 0 bridgehead atoms. The Bertz CT molecular complexity index is 418. The van der Waals surface area contributed by atoms with E-state index in [9.17, 15) is 4.79 Å². The highest BCUT2D eigenvalue weighted by molar-refractivity contribution is 9.10. The van der Waals surface area contributed by atoms with Gasteiger partial charge in [0.2, 0.25) is 0 Å². The van der Waals surface area contributed by atoms with Gasteiger partial charge in [-0.05, 0) is 17.7 Å². The van der Waals surface area contributed by atoms with Gasteiger partial charge in [0.15, 0.2) is 0 Å². The van der Waals surface area contributed by atoms with E-state index < -0.39 is 5.24 Å². The molecule has 2 rings (SSSR count). The third-order valence-corrected chi connectivity index (χ3v) is 3.37. The van der Waals surface area contributed by atoms with Crippen LogP contribution in [0.15, 0.2) is 10.5 Å². The lowest BCUT2D eigenvalue weighted by molar-refractivity contribution is 0.108. The lowest BCUT2D eigenvalue weighted by Gasteiger charge is -2.07. The van der Waals surface area contributed by atoms with Gasteiger partial charge in [-0.2, -0.15) is 0 Å². The smallest absolute Gasteiger partial charge is 0.254 e. The molecular formula is C9H5BrCl2O2. The van der Waals surface area contributed by atoms with Crippen molar-refractivity contribution in [2.24, 2.45) is 0 Å². The van der Waals surface area contributed by atoms with Crippen molar-refractivity contribution in [3.63, 3.8) is 0 Å². The van der Waals surface area contributed by atoms with Crippen molar-refractivity contribution in [1.82, 2.24) is 0 Å². The molecule has 0 radical (unpaired) electrons. The monoisotopic (exact) mass is 294 g/mol. The van der Waals surface area contributed by atoms with Gasteiger partial charge in [-0.15, -0.1) is 0 Å². The van der Waals surface area contributed by atoms with E-state index in [0.717, 1.165) is 16.5 Å². The first-order chi connectivity index (χ1) is 6.61. The van der Waals surface area contributed by atoms with Crippen LogP contribution in [0.2, 0.25) is 5.02 Å². The fourth-order valence-electron chi connectivity index (χ4n) is 1.42. The lowest BCUT2D eigenvalue weighted by Crippen LogP contribution is -1.94. The number of hydrogen-bond donors (Lipinski definition) is 0. The first kappa shape index (κ1) is 10.3. The highest BCUT2D eigenvalue weighted by Crippen LogP contribution is 2.41. The van der Waals surface area contributed by atoms with Gasteiger partial charge >= 0.3 is 0 Å². The van der Waals surface area contributed by atoms with E-state index in [1.165, 1.54) is 0 Å². The van der Waals surface area contributed by atoms with Gasteiger partial charge in [-0.25, -0.2) is 0 Å². The predicted molar refractivity (Wildman–Crippen MR) is 58.5 cm³/mol. The van der Waals surface area contributed by atoms with Crippen molar-refractivity contribution < 1.29 is 9.53 Å². The molecule has 14 heavy (non-hydrogen) atoms. The maximum Gasteiger partial charge on any atom is 0.254 e. The number of rotatable bonds is 1. The molecule has 5 heteroatoms. The molecule has 1 aromatic carbocycles. The molecule has 0 unspecified atom stereocenters. The standard InChI is InChI=1S/C9H5BrCl2O2/c10-6-3-5(9(12)13)7(11)8-4(6)1-2-14-8/h3H,1-2H2. The summed E-state index contributed by atoms with van der Waals surface area (Å²) in [4.78, 5) is 11.0. The quantitative estimate of drug-likeness (QED) is 0.742. The first-order valence-corrected chi connectivity index (χ1v) is 5.49. The van der Waals surface area contributed by atoms with Gasteiger partial charge < -0.3 is 4.74 Å². The van der Waals surface area contributed by atoms with E-state index >= 15 is 0 Å². The second-order valence-electron chi connectivity index (χ2n) is 2.90. The molecule has 1 heterocycles. The minimum absolute atomic E-state index is 0.279. The Balaban J connectivity index is 2.68. The molecule has 0 fully saturated rings. The SMILES string of the molecule is O=C(Cl)c1cc(Br)c2c(c1Cl)OCC2. The molecule has 1 aliphatic rings. The molecule has 0 atom stereocenters. The van der Waals surface area contributed by atoms with Crippen molar-refractivity contribution >= 4 is 44.4 Å². The summed E-state index contributed by atoms with van der Waals surface area (Å²) in [5, 5.41) is -0.269. The summed E-state index contributed by atoms with van der Waals surface area (Å²) < 4.78 is 6.15. The minimum Gasteiger partial charge on any atom is -0.491 e. The number of ether oxygens (including phenoxy) is 1. The average molecular weight is 296 g/mol. The summed E-state index contributed by atoms with van der Waals surface area (Å²) >= 11 is 14.7. The molecule has 74 valence electrons. The Morgan fingerprint density at radius 1 is 1.57 bits per heavy atom. The molecule has 0 aliphatic carbocycles. The maximum absolute atomic E-state index is 11.0. The zero-order valence-corrected chi connectivity index (χ0v) is 10.0. The zero-order valence-electron chi connectivity index (χ0n) is 6.94. The van der Waals surface area contributed by atoms with E-state index in [0.29, 0.717) is 17.4 Å². The number of carbonyl (C=O) groups excluding carboxylic acids is 1. The zero-order chi connectivity index (χ0) is 10.3. The van der Waals surface area contributed by atoms with Crippen LogP contribution in [0.4, 0.5) is 0 Å². The average Bonchev–Trinajstić information content (AvgIpc) is 2.59. The van der Waals surface area contributed by atoms with E-state index in [4.69, 9.17) is 27.9 Å². The van der Waals surface area contributed by atoms with Gasteiger partial charge in [-0.3, -0.25) is 4.79 Å². The van der Waals surface area contributed by atoms with Gasteiger partial charge in [0.1, 0.15) is 5.75 Å². The van der Waals surface area contributed by atoms with Crippen molar-refractivity contribution in [2.75, 3.05) is 6.61 Å². The number of fused-ring (bicyclic) bond motifs is 1. The number of hydrogen-bond acceptors (Lipinski definition) is 2. The fraction of sp³-hybridized carbons (Fsp3) is 0.222. The predicted octanol–water partition coefficient (Wildman–Crippen LogP) is 3.42. The van der Waals surface area contributed by atoms with Crippen LogP contribution in [0.1, 0.15) is 15.9 Å². The largest absolute Gasteiger partial charge is 0.491 e. The van der Waals surface area contributed by atoms with Crippen LogP contribution in [0.3, 0.4) is 0 Å². The fourth-order valence-corrected chi connectivity index (χ4v) is 2.54. The van der Waals surface area contributed by atoms with E-state index in [1.807, 2.05) is 0 Å². The van der Waals surface area contributed by atoms with Crippen LogP contribution < -0.4 is 4.74 Å². The Morgan fingerprint density at radius 3 is 2.93 bits per heavy atom. The van der Waals surface area contributed by atoms with Gasteiger partial charge in [-0.1, -0.05) is 27.5 Å². The first-order valence-electron chi connectivity index (χ1n) is 3.94. The normalized spacial score (nSPS) is 13.6. The van der Waals surface area contributed by atoms with Crippen molar-refractivity contribution in [3.05, 3.63) is 26.7 Å². The third-order valence-electron chi connectivity index (χ3n) is 2.08. The Labute approximate surface area is 99.3 Å². The molecule has 0 N–H and O–H groups in total. The topological polar surface area (TPSA) is 26.3 Å². The summed E-state index contributed by atoms with van der Waals surface area (Å²) in [6, 6.07) is 1.63. The highest BCUT2D eigenvalue weighted by Gasteiger charge is 2.23. The summed E-state index contributed by atoms with van der Waals surface area (Å²) in [5.41, 5.74) is 1.28. The molecule has 1 aliphatic heterocycles. The number of benzene rings is 1. The van der Waals surface area contributed by atoms with E-state index in [1.54, 1.807) is 6.07 Å². The maximum atomic E-state index is 11.0. The lowest BCUT2D eigenvalue weighted by atomic mass is 10.1. The summed E-state index contributed by atoms with van der Waals surface area (Å²) in [5.74, 6) is 0.574. The van der Waals surface area contributed by atoms with Crippen molar-refractivity contribution in [3.8, 4) is 5.75 Å². The van der Waals surface area contributed by atoms with E-state index in [2.05, 4.69) is 15.9 Å². The van der Waals surface area contributed by atoms with Crippen molar-refractivity contribution in [2.45, 2.75) is 6.42 Å². The molecule has 0 amide bonds. The van der Waals surface area contributed by atoms with Gasteiger partial charge in [0.25, 0.3) is 5.24 Å². The number of halogens is 3. The van der Waals surface area contributed by atoms with Crippen LogP contribution in [-0.2, 0) is 6.42 Å². The second kappa shape index (κ2) is 3.72. The summed E-state index contributed by atoms with van der Waals surface area (Å²) in [7, 11) is 0. The Morgan fingerprint density at radius 2 is 2.29 bits per heavy atom. The molecule has 0 aromatic heterocycles. The molecule has 0 saturated heterocycles. The highest BCUT2D eigenvalue weighted by atomic mass is 79.9. The Kier molecular flexibility index (Phi) is 2.73. The molecular weight excluding hydrogens is 291 g/mol. The number of carbonyl (C=O) groups is 1. The summed E-state index contributed by atoms with van der Waals surface area (Å²) in [6.45, 7) is 0.591. The molecule has 2 nitrogen and oxygen atoms in total. The summed E-state index contributed by atoms with van der Waals surface area (Å²) in [6.07, 6.45) is 0.798. The van der Waals surface area contributed by atoms with Gasteiger partial charge in [0.05, 0.1) is 17.2 Å².